The number of benzene rings is 2. The van der Waals surface area contributed by atoms with Gasteiger partial charge < -0.3 is 0 Å². The van der Waals surface area contributed by atoms with Crippen molar-refractivity contribution in [2.24, 2.45) is 0 Å². The molecule has 0 amide bonds. The minimum Gasteiger partial charge on any atom is -0.294 e. The van der Waals surface area contributed by atoms with E-state index in [1.54, 1.807) is 18.2 Å². The third-order valence-corrected chi connectivity index (χ3v) is 3.73. The van der Waals surface area contributed by atoms with E-state index in [0.29, 0.717) is 6.42 Å². The van der Waals surface area contributed by atoms with Gasteiger partial charge in [0.2, 0.25) is 0 Å². The van der Waals surface area contributed by atoms with E-state index >= 15 is 0 Å². The molecule has 104 valence electrons. The van der Waals surface area contributed by atoms with Crippen LogP contribution < -0.4 is 0 Å². The highest BCUT2D eigenvalue weighted by molar-refractivity contribution is 6.06. The van der Waals surface area contributed by atoms with Crippen LogP contribution in [0.25, 0.3) is 5.57 Å². The number of allylic oxidation sites excluding steroid dienone is 2. The van der Waals surface area contributed by atoms with E-state index < -0.39 is 4.92 Å². The third kappa shape index (κ3) is 2.60. The number of non-ortho nitro benzene ring substituents is 1. The molecule has 1 aliphatic rings. The van der Waals surface area contributed by atoms with E-state index in [0.717, 1.165) is 16.7 Å². The maximum atomic E-state index is 12.2. The summed E-state index contributed by atoms with van der Waals surface area (Å²) in [7, 11) is 0. The Labute approximate surface area is 121 Å². The highest BCUT2D eigenvalue weighted by Crippen LogP contribution is 2.36. The molecule has 0 bridgehead atoms. The van der Waals surface area contributed by atoms with Gasteiger partial charge in [-0.3, -0.25) is 14.9 Å². The van der Waals surface area contributed by atoms with Crippen molar-refractivity contribution in [2.75, 3.05) is 0 Å². The Balaban J connectivity index is 1.83. The topological polar surface area (TPSA) is 60.2 Å². The van der Waals surface area contributed by atoms with Crippen LogP contribution in [0.1, 0.15) is 23.5 Å². The fourth-order valence-corrected chi connectivity index (χ4v) is 2.62. The van der Waals surface area contributed by atoms with Crippen molar-refractivity contribution in [1.82, 2.24) is 0 Å². The fraction of sp³-hybridized carbons (Fsp3) is 0.118. The van der Waals surface area contributed by atoms with Crippen molar-refractivity contribution >= 4 is 17.0 Å². The lowest BCUT2D eigenvalue weighted by atomic mass is 9.93. The van der Waals surface area contributed by atoms with Crippen LogP contribution in [0.4, 0.5) is 5.69 Å². The van der Waals surface area contributed by atoms with Crippen LogP contribution in [0.15, 0.2) is 60.7 Å². The molecule has 0 aromatic heterocycles. The van der Waals surface area contributed by atoms with E-state index in [-0.39, 0.29) is 17.4 Å². The van der Waals surface area contributed by atoms with Crippen LogP contribution in [0.5, 0.6) is 0 Å². The molecule has 0 heterocycles. The molecule has 2 aromatic rings. The second kappa shape index (κ2) is 5.32. The Morgan fingerprint density at radius 3 is 2.29 bits per heavy atom. The Morgan fingerprint density at radius 1 is 1.00 bits per heavy atom. The normalized spacial score (nSPS) is 17.6. The molecular formula is C17H13NO3. The van der Waals surface area contributed by atoms with Gasteiger partial charge in [-0.25, -0.2) is 0 Å². The van der Waals surface area contributed by atoms with Crippen molar-refractivity contribution in [2.45, 2.75) is 12.3 Å². The highest BCUT2D eigenvalue weighted by Gasteiger charge is 2.27. The first kappa shape index (κ1) is 13.2. The monoisotopic (exact) mass is 279 g/mol. The maximum Gasteiger partial charge on any atom is 0.269 e. The number of hydrogen-bond donors (Lipinski definition) is 0. The van der Waals surface area contributed by atoms with Crippen LogP contribution in [0.3, 0.4) is 0 Å². The molecule has 1 aliphatic carbocycles. The van der Waals surface area contributed by atoms with Gasteiger partial charge in [0.15, 0.2) is 5.78 Å². The maximum absolute atomic E-state index is 12.2. The summed E-state index contributed by atoms with van der Waals surface area (Å²) in [4.78, 5) is 22.4. The van der Waals surface area contributed by atoms with Gasteiger partial charge in [0.25, 0.3) is 5.69 Å². The van der Waals surface area contributed by atoms with Gasteiger partial charge in [-0.2, -0.15) is 0 Å². The van der Waals surface area contributed by atoms with Gasteiger partial charge >= 0.3 is 0 Å². The largest absolute Gasteiger partial charge is 0.294 e. The van der Waals surface area contributed by atoms with E-state index in [1.807, 2.05) is 30.3 Å². The van der Waals surface area contributed by atoms with Gasteiger partial charge in [0.05, 0.1) is 10.8 Å². The molecule has 1 atom stereocenters. The zero-order valence-electron chi connectivity index (χ0n) is 11.2. The highest BCUT2D eigenvalue weighted by atomic mass is 16.6. The molecule has 0 saturated carbocycles. The fourth-order valence-electron chi connectivity index (χ4n) is 2.62. The lowest BCUT2D eigenvalue weighted by Crippen LogP contribution is -2.04. The summed E-state index contributed by atoms with van der Waals surface area (Å²) >= 11 is 0. The summed E-state index contributed by atoms with van der Waals surface area (Å²) < 4.78 is 0. The van der Waals surface area contributed by atoms with Crippen LogP contribution in [-0.2, 0) is 4.79 Å². The second-order valence-corrected chi connectivity index (χ2v) is 5.04. The molecule has 4 nitrogen and oxygen atoms in total. The van der Waals surface area contributed by atoms with Crippen molar-refractivity contribution < 1.29 is 9.72 Å². The minimum absolute atomic E-state index is 0.0421. The van der Waals surface area contributed by atoms with Crippen LogP contribution >= 0.6 is 0 Å². The predicted octanol–water partition coefficient (Wildman–Crippen LogP) is 3.73. The van der Waals surface area contributed by atoms with Gasteiger partial charge in [-0.05, 0) is 29.2 Å². The molecule has 0 N–H and O–H groups in total. The van der Waals surface area contributed by atoms with Gasteiger partial charge in [0, 0.05) is 12.1 Å². The first-order valence-electron chi connectivity index (χ1n) is 6.69. The number of nitro benzene ring substituents is 1. The number of nitro groups is 1. The van der Waals surface area contributed by atoms with Crippen molar-refractivity contribution in [3.8, 4) is 0 Å². The Kier molecular flexibility index (Phi) is 3.36. The van der Waals surface area contributed by atoms with Gasteiger partial charge in [0.1, 0.15) is 0 Å². The van der Waals surface area contributed by atoms with Gasteiger partial charge in [-0.1, -0.05) is 42.5 Å². The predicted molar refractivity (Wildman–Crippen MR) is 79.9 cm³/mol. The second-order valence-electron chi connectivity index (χ2n) is 5.04. The third-order valence-electron chi connectivity index (χ3n) is 3.73. The number of carbonyl (C=O) groups excluding carboxylic acids is 1. The Bertz CT molecular complexity index is 717. The van der Waals surface area contributed by atoms with Crippen molar-refractivity contribution in [3.05, 3.63) is 81.9 Å². The number of rotatable bonds is 3. The summed E-state index contributed by atoms with van der Waals surface area (Å²) in [6, 6.07) is 16.0. The molecule has 0 radical (unpaired) electrons. The summed E-state index contributed by atoms with van der Waals surface area (Å²) in [6.07, 6.45) is 2.32. The molecule has 21 heavy (non-hydrogen) atoms. The lowest BCUT2D eigenvalue weighted by Gasteiger charge is -2.09. The molecule has 2 aromatic carbocycles. The molecule has 4 heteroatoms. The molecule has 1 unspecified atom stereocenters. The summed E-state index contributed by atoms with van der Waals surface area (Å²) in [5.74, 6) is -0.177. The average Bonchev–Trinajstić information content (AvgIpc) is 2.90. The summed E-state index contributed by atoms with van der Waals surface area (Å²) in [5, 5.41) is 10.7. The van der Waals surface area contributed by atoms with Crippen LogP contribution in [0.2, 0.25) is 0 Å². The zero-order valence-corrected chi connectivity index (χ0v) is 11.2. The quantitative estimate of drug-likeness (QED) is 0.635. The van der Waals surface area contributed by atoms with E-state index in [1.165, 1.54) is 12.1 Å². The minimum atomic E-state index is -0.437. The van der Waals surface area contributed by atoms with E-state index in [9.17, 15) is 14.9 Å². The Hall–Kier alpha value is -2.75. The van der Waals surface area contributed by atoms with E-state index in [4.69, 9.17) is 0 Å². The molecule has 0 fully saturated rings. The lowest BCUT2D eigenvalue weighted by molar-refractivity contribution is -0.384. The average molecular weight is 279 g/mol. The first-order chi connectivity index (χ1) is 10.1. The molecule has 0 aliphatic heterocycles. The smallest absolute Gasteiger partial charge is 0.269 e. The van der Waals surface area contributed by atoms with Crippen molar-refractivity contribution in [3.63, 3.8) is 0 Å². The van der Waals surface area contributed by atoms with Gasteiger partial charge in [-0.15, -0.1) is 0 Å². The number of carbonyl (C=O) groups is 1. The molecule has 0 spiro atoms. The Morgan fingerprint density at radius 2 is 1.67 bits per heavy atom. The standard InChI is InChI=1S/C17H13NO3/c19-17-11-14(12-4-2-1-3-5-12)10-16(17)13-6-8-15(9-7-13)18(20)21/h1-9,11,16H,10H2. The summed E-state index contributed by atoms with van der Waals surface area (Å²) in [6.45, 7) is 0. The molecule has 0 saturated heterocycles. The molecule has 3 rings (SSSR count). The van der Waals surface area contributed by atoms with Crippen LogP contribution in [0, 0.1) is 10.1 Å². The summed E-state index contributed by atoms with van der Waals surface area (Å²) in [5.41, 5.74) is 2.94. The SMILES string of the molecule is O=C1C=C(c2ccccc2)CC1c1ccc([N+](=O)[O-])cc1. The van der Waals surface area contributed by atoms with Crippen molar-refractivity contribution in [1.29, 1.82) is 0 Å². The number of nitrogens with zero attached hydrogens (tertiary/aromatic N) is 1. The number of ketones is 1. The number of hydrogen-bond acceptors (Lipinski definition) is 3. The molecular weight excluding hydrogens is 266 g/mol. The van der Waals surface area contributed by atoms with E-state index in [2.05, 4.69) is 0 Å². The zero-order chi connectivity index (χ0) is 14.8. The van der Waals surface area contributed by atoms with Crippen LogP contribution in [-0.4, -0.2) is 10.7 Å². The first-order valence-corrected chi connectivity index (χ1v) is 6.69.